The molecular formula is C18H24N2O5. The Morgan fingerprint density at radius 1 is 1.32 bits per heavy atom. The van der Waals surface area contributed by atoms with E-state index in [2.05, 4.69) is 10.5 Å². The number of nitrogens with zero attached hydrogens (tertiary/aromatic N) is 1. The van der Waals surface area contributed by atoms with Gasteiger partial charge in [-0.3, -0.25) is 4.79 Å². The standard InChI is InChI=1S/C18H24N2O5/c1-12-15(13(2)25-20-12)11-24-16-7-6-14(9-17(16)23-3)10-19-8-4-5-18(21)22/h6-7,9,19H,4-5,8,10-11H2,1-3H3,(H,21,22). The van der Waals surface area contributed by atoms with E-state index in [0.717, 1.165) is 22.6 Å². The van der Waals surface area contributed by atoms with Crippen molar-refractivity contribution in [3.8, 4) is 11.5 Å². The number of nitrogens with one attached hydrogen (secondary N) is 1. The number of hydrogen-bond acceptors (Lipinski definition) is 6. The lowest BCUT2D eigenvalue weighted by Gasteiger charge is -2.12. The predicted octanol–water partition coefficient (Wildman–Crippen LogP) is 2.83. The van der Waals surface area contributed by atoms with Crippen LogP contribution in [0.2, 0.25) is 0 Å². The second kappa shape index (κ2) is 9.08. The maximum Gasteiger partial charge on any atom is 0.303 e. The third-order valence-corrected chi connectivity index (χ3v) is 3.85. The van der Waals surface area contributed by atoms with Gasteiger partial charge in [0, 0.05) is 13.0 Å². The lowest BCUT2D eigenvalue weighted by molar-refractivity contribution is -0.137. The van der Waals surface area contributed by atoms with E-state index in [-0.39, 0.29) is 6.42 Å². The molecule has 0 saturated carbocycles. The zero-order valence-electron chi connectivity index (χ0n) is 14.8. The van der Waals surface area contributed by atoms with Crippen LogP contribution < -0.4 is 14.8 Å². The van der Waals surface area contributed by atoms with E-state index >= 15 is 0 Å². The van der Waals surface area contributed by atoms with Gasteiger partial charge in [0.2, 0.25) is 0 Å². The summed E-state index contributed by atoms with van der Waals surface area (Å²) in [7, 11) is 1.60. The van der Waals surface area contributed by atoms with Crippen LogP contribution in [0, 0.1) is 13.8 Å². The third-order valence-electron chi connectivity index (χ3n) is 3.85. The van der Waals surface area contributed by atoms with Gasteiger partial charge in [0.1, 0.15) is 12.4 Å². The summed E-state index contributed by atoms with van der Waals surface area (Å²) in [6, 6.07) is 5.73. The molecule has 0 aliphatic rings. The van der Waals surface area contributed by atoms with Gasteiger partial charge in [-0.1, -0.05) is 11.2 Å². The first-order chi connectivity index (χ1) is 12.0. The van der Waals surface area contributed by atoms with Crippen molar-refractivity contribution < 1.29 is 23.9 Å². The molecule has 2 N–H and O–H groups in total. The largest absolute Gasteiger partial charge is 0.493 e. The molecule has 1 aromatic carbocycles. The Hall–Kier alpha value is -2.54. The third kappa shape index (κ3) is 5.49. The number of hydrogen-bond donors (Lipinski definition) is 2. The predicted molar refractivity (Wildman–Crippen MR) is 91.9 cm³/mol. The Morgan fingerprint density at radius 3 is 2.76 bits per heavy atom. The zero-order chi connectivity index (χ0) is 18.2. The van der Waals surface area contributed by atoms with E-state index in [1.807, 2.05) is 32.0 Å². The van der Waals surface area contributed by atoms with Crippen LogP contribution in [-0.2, 0) is 17.9 Å². The number of ether oxygens (including phenoxy) is 2. The van der Waals surface area contributed by atoms with Crippen molar-refractivity contribution in [2.45, 2.75) is 39.8 Å². The summed E-state index contributed by atoms with van der Waals surface area (Å²) in [6.07, 6.45) is 0.774. The van der Waals surface area contributed by atoms with Crippen LogP contribution >= 0.6 is 0 Å². The van der Waals surface area contributed by atoms with Crippen LogP contribution in [0.1, 0.15) is 35.4 Å². The average Bonchev–Trinajstić information content (AvgIpc) is 2.91. The van der Waals surface area contributed by atoms with E-state index in [4.69, 9.17) is 19.1 Å². The lowest BCUT2D eigenvalue weighted by Crippen LogP contribution is -2.15. The molecule has 1 aromatic heterocycles. The van der Waals surface area contributed by atoms with Gasteiger partial charge in [-0.15, -0.1) is 0 Å². The fourth-order valence-electron chi connectivity index (χ4n) is 2.40. The van der Waals surface area contributed by atoms with Gasteiger partial charge in [0.05, 0.1) is 18.4 Å². The number of carbonyl (C=O) groups is 1. The second-order valence-electron chi connectivity index (χ2n) is 5.75. The Morgan fingerprint density at radius 2 is 2.12 bits per heavy atom. The first-order valence-corrected chi connectivity index (χ1v) is 8.15. The van der Waals surface area contributed by atoms with Crippen molar-refractivity contribution in [2.24, 2.45) is 0 Å². The molecule has 0 atom stereocenters. The monoisotopic (exact) mass is 348 g/mol. The molecular weight excluding hydrogens is 324 g/mol. The Labute approximate surface area is 146 Å². The van der Waals surface area contributed by atoms with Crippen molar-refractivity contribution in [3.63, 3.8) is 0 Å². The quantitative estimate of drug-likeness (QED) is 0.638. The normalized spacial score (nSPS) is 10.7. The van der Waals surface area contributed by atoms with Gasteiger partial charge >= 0.3 is 5.97 Å². The van der Waals surface area contributed by atoms with Crippen molar-refractivity contribution in [3.05, 3.63) is 40.8 Å². The van der Waals surface area contributed by atoms with Crippen molar-refractivity contribution >= 4 is 5.97 Å². The van der Waals surface area contributed by atoms with Gasteiger partial charge in [-0.25, -0.2) is 0 Å². The number of carboxylic acid groups (broad SMARTS) is 1. The highest BCUT2D eigenvalue weighted by Crippen LogP contribution is 2.29. The average molecular weight is 348 g/mol. The van der Waals surface area contributed by atoms with E-state index in [1.165, 1.54) is 0 Å². The molecule has 0 saturated heterocycles. The van der Waals surface area contributed by atoms with Crippen LogP contribution in [0.4, 0.5) is 0 Å². The fraction of sp³-hybridized carbons (Fsp3) is 0.444. The summed E-state index contributed by atoms with van der Waals surface area (Å²) >= 11 is 0. The van der Waals surface area contributed by atoms with Crippen LogP contribution in [-0.4, -0.2) is 29.9 Å². The molecule has 0 unspecified atom stereocenters. The molecule has 0 amide bonds. The lowest BCUT2D eigenvalue weighted by atomic mass is 10.2. The maximum atomic E-state index is 10.5. The molecule has 0 aliphatic carbocycles. The highest BCUT2D eigenvalue weighted by molar-refractivity contribution is 5.66. The van der Waals surface area contributed by atoms with E-state index in [0.29, 0.717) is 37.6 Å². The van der Waals surface area contributed by atoms with Gasteiger partial charge in [0.15, 0.2) is 11.5 Å². The number of aromatic nitrogens is 1. The highest BCUT2D eigenvalue weighted by atomic mass is 16.5. The topological polar surface area (TPSA) is 93.8 Å². The van der Waals surface area contributed by atoms with Gasteiger partial charge in [-0.2, -0.15) is 0 Å². The molecule has 7 heteroatoms. The van der Waals surface area contributed by atoms with E-state index in [1.54, 1.807) is 7.11 Å². The minimum Gasteiger partial charge on any atom is -0.493 e. The van der Waals surface area contributed by atoms with Crippen LogP contribution in [0.15, 0.2) is 22.7 Å². The summed E-state index contributed by atoms with van der Waals surface area (Å²) in [5.74, 6) is 1.27. The van der Waals surface area contributed by atoms with Gasteiger partial charge < -0.3 is 24.4 Å². The van der Waals surface area contributed by atoms with Crippen molar-refractivity contribution in [1.29, 1.82) is 0 Å². The molecule has 7 nitrogen and oxygen atoms in total. The number of methoxy groups -OCH3 is 1. The first kappa shape index (κ1) is 18.8. The molecule has 2 rings (SSSR count). The van der Waals surface area contributed by atoms with E-state index in [9.17, 15) is 4.79 Å². The van der Waals surface area contributed by atoms with E-state index < -0.39 is 5.97 Å². The van der Waals surface area contributed by atoms with Crippen LogP contribution in [0.25, 0.3) is 0 Å². The number of rotatable bonds is 10. The van der Waals surface area contributed by atoms with Crippen LogP contribution in [0.3, 0.4) is 0 Å². The molecule has 25 heavy (non-hydrogen) atoms. The number of aliphatic carboxylic acids is 1. The molecule has 0 fully saturated rings. The highest BCUT2D eigenvalue weighted by Gasteiger charge is 2.12. The van der Waals surface area contributed by atoms with Crippen LogP contribution in [0.5, 0.6) is 11.5 Å². The molecule has 0 radical (unpaired) electrons. The number of aryl methyl sites for hydroxylation is 2. The summed E-state index contributed by atoms with van der Waals surface area (Å²) < 4.78 is 16.4. The molecule has 136 valence electrons. The smallest absolute Gasteiger partial charge is 0.303 e. The maximum absolute atomic E-state index is 10.5. The van der Waals surface area contributed by atoms with Crippen molar-refractivity contribution in [1.82, 2.24) is 10.5 Å². The molecule has 2 aromatic rings. The second-order valence-corrected chi connectivity index (χ2v) is 5.75. The summed E-state index contributed by atoms with van der Waals surface area (Å²) in [6.45, 7) is 5.39. The molecule has 0 spiro atoms. The minimum absolute atomic E-state index is 0.171. The minimum atomic E-state index is -0.775. The fourth-order valence-corrected chi connectivity index (χ4v) is 2.40. The van der Waals surface area contributed by atoms with Gasteiger partial charge in [-0.05, 0) is 44.5 Å². The Bertz CT molecular complexity index is 692. The molecule has 0 bridgehead atoms. The zero-order valence-corrected chi connectivity index (χ0v) is 14.8. The molecule has 1 heterocycles. The SMILES string of the molecule is COc1cc(CNCCCC(=O)O)ccc1OCc1c(C)noc1C. The Balaban J connectivity index is 1.91. The molecule has 0 aliphatic heterocycles. The first-order valence-electron chi connectivity index (χ1n) is 8.15. The number of carboxylic acids is 1. The summed E-state index contributed by atoms with van der Waals surface area (Å²) in [5, 5.41) is 15.7. The van der Waals surface area contributed by atoms with Gasteiger partial charge in [0.25, 0.3) is 0 Å². The summed E-state index contributed by atoms with van der Waals surface area (Å²) in [5.41, 5.74) is 2.79. The summed E-state index contributed by atoms with van der Waals surface area (Å²) in [4.78, 5) is 10.5. The number of benzene rings is 1. The van der Waals surface area contributed by atoms with Crippen molar-refractivity contribution in [2.75, 3.05) is 13.7 Å². The Kier molecular flexibility index (Phi) is 6.82.